The molecule has 1 aromatic heterocycles. The largest absolute Gasteiger partial charge is 0.497 e. The molecule has 0 aliphatic heterocycles. The normalized spacial score (nSPS) is 11.8. The van der Waals surface area contributed by atoms with E-state index in [1.807, 2.05) is 0 Å². The van der Waals surface area contributed by atoms with Crippen LogP contribution in [0, 0.1) is 0 Å². The lowest BCUT2D eigenvalue weighted by molar-refractivity contribution is -0.169. The number of amides is 1. The number of hydrogen-bond acceptors (Lipinski definition) is 5. The Morgan fingerprint density at radius 2 is 1.85 bits per heavy atom. The maximum absolute atomic E-state index is 12.6. The maximum atomic E-state index is 12.6. The van der Waals surface area contributed by atoms with Gasteiger partial charge in [-0.2, -0.15) is 18.3 Å². The maximum Gasteiger partial charge on any atom is 0.450 e. The van der Waals surface area contributed by atoms with Crippen molar-refractivity contribution in [1.29, 1.82) is 0 Å². The van der Waals surface area contributed by atoms with Gasteiger partial charge in [0.2, 0.25) is 5.78 Å². The minimum atomic E-state index is -5.00. The van der Waals surface area contributed by atoms with Gasteiger partial charge < -0.3 is 4.74 Å². The van der Waals surface area contributed by atoms with Crippen molar-refractivity contribution < 1.29 is 27.5 Å². The van der Waals surface area contributed by atoms with Crippen molar-refractivity contribution in [3.05, 3.63) is 59.9 Å². The van der Waals surface area contributed by atoms with E-state index in [2.05, 4.69) is 15.5 Å². The van der Waals surface area contributed by atoms with Crippen LogP contribution in [0.5, 0.6) is 5.75 Å². The average Bonchev–Trinajstić information content (AvgIpc) is 2.64. The van der Waals surface area contributed by atoms with Crippen molar-refractivity contribution >= 4 is 17.4 Å². The van der Waals surface area contributed by atoms with Gasteiger partial charge in [-0.1, -0.05) is 6.07 Å². The van der Waals surface area contributed by atoms with Crippen molar-refractivity contribution in [2.75, 3.05) is 7.11 Å². The van der Waals surface area contributed by atoms with Gasteiger partial charge >= 0.3 is 6.18 Å². The summed E-state index contributed by atoms with van der Waals surface area (Å²) in [5.74, 6) is -2.19. The van der Waals surface area contributed by atoms with Gasteiger partial charge in [-0.15, -0.1) is 0 Å². The number of aromatic nitrogens is 1. The van der Waals surface area contributed by atoms with E-state index in [0.717, 1.165) is 0 Å². The predicted molar refractivity (Wildman–Crippen MR) is 86.9 cm³/mol. The predicted octanol–water partition coefficient (Wildman–Crippen LogP) is 2.75. The number of nitrogens with one attached hydrogen (secondary N) is 1. The fourth-order valence-corrected chi connectivity index (χ4v) is 1.95. The van der Waals surface area contributed by atoms with Crippen LogP contribution in [0.15, 0.2) is 53.9 Å². The average molecular weight is 365 g/mol. The van der Waals surface area contributed by atoms with E-state index in [9.17, 15) is 22.8 Å². The van der Waals surface area contributed by atoms with E-state index in [1.165, 1.54) is 43.8 Å². The lowest BCUT2D eigenvalue weighted by atomic mass is 10.1. The number of benzene rings is 1. The number of methoxy groups -OCH3 is 1. The number of ketones is 1. The molecule has 1 amide bonds. The zero-order valence-corrected chi connectivity index (χ0v) is 13.6. The van der Waals surface area contributed by atoms with E-state index in [1.54, 1.807) is 12.1 Å². The van der Waals surface area contributed by atoms with Crippen LogP contribution >= 0.6 is 0 Å². The van der Waals surface area contributed by atoms with Crippen molar-refractivity contribution in [2.24, 2.45) is 5.10 Å². The molecule has 26 heavy (non-hydrogen) atoms. The number of carbonyl (C=O) groups is 2. The molecule has 0 saturated carbocycles. The summed E-state index contributed by atoms with van der Waals surface area (Å²) in [6.07, 6.45) is -3.32. The van der Waals surface area contributed by atoms with Crippen LogP contribution in [0.25, 0.3) is 0 Å². The third-order valence-electron chi connectivity index (χ3n) is 3.28. The molecule has 0 unspecified atom stereocenters. The van der Waals surface area contributed by atoms with E-state index >= 15 is 0 Å². The second-order valence-corrected chi connectivity index (χ2v) is 5.06. The van der Waals surface area contributed by atoms with Gasteiger partial charge in [0.05, 0.1) is 19.2 Å². The molecule has 0 spiro atoms. The lowest BCUT2D eigenvalue weighted by Gasteiger charge is -2.09. The number of carbonyl (C=O) groups excluding carboxylic acids is 2. The Labute approximate surface area is 146 Å². The molecule has 0 saturated heterocycles. The molecule has 0 aliphatic carbocycles. The van der Waals surface area contributed by atoms with E-state index in [0.29, 0.717) is 5.75 Å². The van der Waals surface area contributed by atoms with Gasteiger partial charge in [0.15, 0.2) is 0 Å². The number of ether oxygens (including phenoxy) is 1. The van der Waals surface area contributed by atoms with Crippen LogP contribution in [-0.2, 0) is 4.79 Å². The number of hydrogen-bond donors (Lipinski definition) is 1. The number of halogens is 3. The molecule has 6 nitrogen and oxygen atoms in total. The number of Topliss-reactive ketones (excluding diaryl/α,β-unsaturated/α-hetero) is 1. The fraction of sp³-hybridized carbons (Fsp3) is 0.176. The fourth-order valence-electron chi connectivity index (χ4n) is 1.95. The summed E-state index contributed by atoms with van der Waals surface area (Å²) in [7, 11) is 1.43. The van der Waals surface area contributed by atoms with Crippen LogP contribution in [0.4, 0.5) is 13.2 Å². The Bertz CT molecular complexity index is 821. The molecule has 1 aromatic carbocycles. The van der Waals surface area contributed by atoms with Gasteiger partial charge in [0.25, 0.3) is 5.91 Å². The molecule has 0 radical (unpaired) electrons. The molecule has 1 heterocycles. The molecule has 136 valence electrons. The first kappa shape index (κ1) is 19.1. The van der Waals surface area contributed by atoms with E-state index < -0.39 is 24.3 Å². The zero-order chi connectivity index (χ0) is 19.2. The Morgan fingerprint density at radius 1 is 1.15 bits per heavy atom. The summed E-state index contributed by atoms with van der Waals surface area (Å²) >= 11 is 0. The summed E-state index contributed by atoms with van der Waals surface area (Å²) in [4.78, 5) is 27.2. The number of hydrazone groups is 1. The van der Waals surface area contributed by atoms with E-state index in [4.69, 9.17) is 4.74 Å². The molecule has 0 fully saturated rings. The summed E-state index contributed by atoms with van der Waals surface area (Å²) in [5, 5.41) is 3.71. The van der Waals surface area contributed by atoms with Crippen molar-refractivity contribution in [3.8, 4) is 5.75 Å². The van der Waals surface area contributed by atoms with Crippen LogP contribution < -0.4 is 10.2 Å². The highest BCUT2D eigenvalue weighted by molar-refractivity contribution is 6.12. The summed E-state index contributed by atoms with van der Waals surface area (Å²) in [6.45, 7) is 0. The SMILES string of the molecule is COc1cccc(C(=O)N/N=C(/CC(=O)C(F)(F)F)c2ccncc2)c1. The quantitative estimate of drug-likeness (QED) is 0.631. The highest BCUT2D eigenvalue weighted by Crippen LogP contribution is 2.19. The van der Waals surface area contributed by atoms with Gasteiger partial charge in [0.1, 0.15) is 5.75 Å². The van der Waals surface area contributed by atoms with Crippen LogP contribution in [-0.4, -0.2) is 35.7 Å². The monoisotopic (exact) mass is 365 g/mol. The highest BCUT2D eigenvalue weighted by atomic mass is 19.4. The molecular formula is C17H14F3N3O3. The number of rotatable bonds is 6. The van der Waals surface area contributed by atoms with Crippen LogP contribution in [0.3, 0.4) is 0 Å². The van der Waals surface area contributed by atoms with Crippen molar-refractivity contribution in [1.82, 2.24) is 10.4 Å². The Kier molecular flexibility index (Phi) is 6.05. The van der Waals surface area contributed by atoms with Crippen molar-refractivity contribution in [3.63, 3.8) is 0 Å². The molecule has 1 N–H and O–H groups in total. The summed E-state index contributed by atoms with van der Waals surface area (Å²) < 4.78 is 42.7. The molecule has 0 atom stereocenters. The van der Waals surface area contributed by atoms with Gasteiger partial charge in [0, 0.05) is 23.5 Å². The Hall–Kier alpha value is -3.23. The standard InChI is InChI=1S/C17H14F3N3O3/c1-26-13-4-2-3-12(9-13)16(25)23-22-14(10-15(24)17(18,19)20)11-5-7-21-8-6-11/h2-9H,10H2,1H3,(H,23,25)/b22-14-. The van der Waals surface area contributed by atoms with Crippen LogP contribution in [0.2, 0.25) is 0 Å². The second-order valence-electron chi connectivity index (χ2n) is 5.06. The molecule has 2 aromatic rings. The minimum absolute atomic E-state index is 0.198. The molecule has 9 heteroatoms. The first-order valence-electron chi connectivity index (χ1n) is 7.32. The first-order valence-corrected chi connectivity index (χ1v) is 7.32. The lowest BCUT2D eigenvalue weighted by Crippen LogP contribution is -2.27. The van der Waals surface area contributed by atoms with Crippen molar-refractivity contribution in [2.45, 2.75) is 12.6 Å². The topological polar surface area (TPSA) is 80.6 Å². The smallest absolute Gasteiger partial charge is 0.450 e. The van der Waals surface area contributed by atoms with Gasteiger partial charge in [-0.3, -0.25) is 14.6 Å². The Balaban J connectivity index is 2.24. The molecule has 2 rings (SSSR count). The first-order chi connectivity index (χ1) is 12.3. The summed E-state index contributed by atoms with van der Waals surface area (Å²) in [6, 6.07) is 8.91. The third kappa shape index (κ3) is 5.13. The number of alkyl halides is 3. The molecule has 0 aliphatic rings. The molecule has 0 bridgehead atoms. The van der Waals surface area contributed by atoms with Gasteiger partial charge in [-0.25, -0.2) is 5.43 Å². The van der Waals surface area contributed by atoms with Crippen LogP contribution in [0.1, 0.15) is 22.3 Å². The number of nitrogens with zero attached hydrogens (tertiary/aromatic N) is 2. The zero-order valence-electron chi connectivity index (χ0n) is 13.6. The number of pyridine rings is 1. The highest BCUT2D eigenvalue weighted by Gasteiger charge is 2.38. The molecular weight excluding hydrogens is 351 g/mol. The third-order valence-corrected chi connectivity index (χ3v) is 3.28. The van der Waals surface area contributed by atoms with Gasteiger partial charge in [-0.05, 0) is 30.3 Å². The summed E-state index contributed by atoms with van der Waals surface area (Å²) in [5.41, 5.74) is 2.37. The second kappa shape index (κ2) is 8.24. The minimum Gasteiger partial charge on any atom is -0.497 e. The van der Waals surface area contributed by atoms with E-state index in [-0.39, 0.29) is 16.8 Å². The Morgan fingerprint density at radius 3 is 2.46 bits per heavy atom.